The van der Waals surface area contributed by atoms with Crippen LogP contribution in [-0.2, 0) is 4.79 Å². The molecule has 2 amide bonds. The van der Waals surface area contributed by atoms with E-state index in [0.717, 1.165) is 0 Å². The Bertz CT molecular complexity index is 780. The van der Waals surface area contributed by atoms with Crippen molar-refractivity contribution in [2.75, 3.05) is 19.0 Å². The first-order valence-corrected chi connectivity index (χ1v) is 7.91. The minimum Gasteiger partial charge on any atom is -0.483 e. The van der Waals surface area contributed by atoms with Gasteiger partial charge >= 0.3 is 0 Å². The number of nitrogens with one attached hydrogen (secondary N) is 2. The van der Waals surface area contributed by atoms with Gasteiger partial charge in [0.15, 0.2) is 6.61 Å². The Morgan fingerprint density at radius 1 is 1.25 bits per heavy atom. The third-order valence-electron chi connectivity index (χ3n) is 3.33. The highest BCUT2D eigenvalue weighted by molar-refractivity contribution is 9.10. The monoisotopic (exact) mass is 394 g/mol. The summed E-state index contributed by atoms with van der Waals surface area (Å²) in [5.74, 6) is -0.652. The highest BCUT2D eigenvalue weighted by Gasteiger charge is 2.13. The number of amides is 2. The maximum atomic E-state index is 13.0. The lowest BCUT2D eigenvalue weighted by molar-refractivity contribution is -0.118. The zero-order chi connectivity index (χ0) is 17.7. The standard InChI is InChI=1S/C17H16BrFN2O3/c1-10-12(17(23)20-2)4-3-5-14(10)21-16(22)9-24-15-7-6-11(19)8-13(15)18/h3-8H,9H2,1-2H3,(H,20,23)(H,21,22). The third kappa shape index (κ3) is 4.32. The number of anilines is 1. The van der Waals surface area contributed by atoms with Crippen LogP contribution in [0.15, 0.2) is 40.9 Å². The second kappa shape index (κ2) is 7.92. The highest BCUT2D eigenvalue weighted by Crippen LogP contribution is 2.25. The Labute approximate surface area is 147 Å². The fourth-order valence-electron chi connectivity index (χ4n) is 2.07. The lowest BCUT2D eigenvalue weighted by Crippen LogP contribution is -2.23. The van der Waals surface area contributed by atoms with Gasteiger partial charge in [-0.05, 0) is 58.7 Å². The van der Waals surface area contributed by atoms with E-state index in [-0.39, 0.29) is 18.4 Å². The van der Waals surface area contributed by atoms with Gasteiger partial charge in [0.1, 0.15) is 11.6 Å². The van der Waals surface area contributed by atoms with E-state index < -0.39 is 5.82 Å². The predicted molar refractivity (Wildman–Crippen MR) is 92.8 cm³/mol. The minimum absolute atomic E-state index is 0.227. The number of carbonyl (C=O) groups is 2. The molecule has 0 saturated carbocycles. The Kier molecular flexibility index (Phi) is 5.92. The van der Waals surface area contributed by atoms with E-state index in [9.17, 15) is 14.0 Å². The van der Waals surface area contributed by atoms with Gasteiger partial charge in [0.05, 0.1) is 4.47 Å². The van der Waals surface area contributed by atoms with Gasteiger partial charge in [0, 0.05) is 18.3 Å². The summed E-state index contributed by atoms with van der Waals surface area (Å²) in [6.45, 7) is 1.51. The van der Waals surface area contributed by atoms with Crippen molar-refractivity contribution in [3.05, 3.63) is 57.8 Å². The van der Waals surface area contributed by atoms with Crippen molar-refractivity contribution in [3.63, 3.8) is 0 Å². The van der Waals surface area contributed by atoms with Crippen LogP contribution in [0.25, 0.3) is 0 Å². The summed E-state index contributed by atoms with van der Waals surface area (Å²) >= 11 is 3.17. The number of rotatable bonds is 5. The molecule has 0 heterocycles. The molecule has 0 spiro atoms. The Balaban J connectivity index is 2.03. The number of halogens is 2. The second-order valence-electron chi connectivity index (χ2n) is 4.97. The largest absolute Gasteiger partial charge is 0.483 e. The molecule has 0 unspecified atom stereocenters. The Hall–Kier alpha value is -2.41. The maximum Gasteiger partial charge on any atom is 0.262 e. The maximum absolute atomic E-state index is 13.0. The van der Waals surface area contributed by atoms with Crippen molar-refractivity contribution in [3.8, 4) is 5.75 Å². The van der Waals surface area contributed by atoms with Crippen LogP contribution in [0.3, 0.4) is 0 Å². The normalized spacial score (nSPS) is 10.2. The molecule has 0 aromatic heterocycles. The molecule has 2 aromatic rings. The van der Waals surface area contributed by atoms with Gasteiger partial charge in [-0.1, -0.05) is 6.07 Å². The average molecular weight is 395 g/mol. The number of carbonyl (C=O) groups excluding carboxylic acids is 2. The summed E-state index contributed by atoms with van der Waals surface area (Å²) < 4.78 is 18.8. The van der Waals surface area contributed by atoms with Crippen molar-refractivity contribution in [2.24, 2.45) is 0 Å². The van der Waals surface area contributed by atoms with Crippen molar-refractivity contribution in [1.29, 1.82) is 0 Å². The van der Waals surface area contributed by atoms with Gasteiger partial charge in [0.25, 0.3) is 11.8 Å². The molecule has 2 aromatic carbocycles. The van der Waals surface area contributed by atoms with E-state index in [4.69, 9.17) is 4.74 Å². The molecule has 0 bridgehead atoms. The molecule has 2 rings (SSSR count). The first-order valence-electron chi connectivity index (χ1n) is 7.11. The highest BCUT2D eigenvalue weighted by atomic mass is 79.9. The molecular weight excluding hydrogens is 379 g/mol. The lowest BCUT2D eigenvalue weighted by atomic mass is 10.1. The van der Waals surface area contributed by atoms with Crippen molar-refractivity contribution in [2.45, 2.75) is 6.92 Å². The van der Waals surface area contributed by atoms with Crippen LogP contribution in [0.1, 0.15) is 15.9 Å². The summed E-state index contributed by atoms with van der Waals surface area (Å²) in [5, 5.41) is 5.25. The van der Waals surface area contributed by atoms with E-state index >= 15 is 0 Å². The zero-order valence-electron chi connectivity index (χ0n) is 13.2. The minimum atomic E-state index is -0.402. The second-order valence-corrected chi connectivity index (χ2v) is 5.82. The number of hydrogen-bond acceptors (Lipinski definition) is 3. The smallest absolute Gasteiger partial charge is 0.262 e. The molecule has 0 aliphatic carbocycles. The third-order valence-corrected chi connectivity index (χ3v) is 3.95. The quantitative estimate of drug-likeness (QED) is 0.817. The number of benzene rings is 2. The molecule has 2 N–H and O–H groups in total. The first-order chi connectivity index (χ1) is 11.4. The summed E-state index contributed by atoms with van der Waals surface area (Å²) in [5.41, 5.74) is 1.67. The van der Waals surface area contributed by atoms with E-state index in [2.05, 4.69) is 26.6 Å². The van der Waals surface area contributed by atoms with Crippen molar-refractivity contribution >= 4 is 33.4 Å². The van der Waals surface area contributed by atoms with Crippen LogP contribution in [0, 0.1) is 12.7 Å². The van der Waals surface area contributed by atoms with Crippen LogP contribution < -0.4 is 15.4 Å². The topological polar surface area (TPSA) is 67.4 Å². The van der Waals surface area contributed by atoms with Crippen molar-refractivity contribution < 1.29 is 18.7 Å². The van der Waals surface area contributed by atoms with Gasteiger partial charge in [-0.3, -0.25) is 9.59 Å². The molecule has 0 atom stereocenters. The SMILES string of the molecule is CNC(=O)c1cccc(NC(=O)COc2ccc(F)cc2Br)c1C. The van der Waals surface area contributed by atoms with E-state index in [1.54, 1.807) is 32.2 Å². The molecule has 0 aliphatic rings. The summed E-state index contributed by atoms with van der Waals surface area (Å²) in [4.78, 5) is 23.8. The molecular formula is C17H16BrFN2O3. The average Bonchev–Trinajstić information content (AvgIpc) is 2.55. The predicted octanol–water partition coefficient (Wildman–Crippen LogP) is 3.27. The van der Waals surface area contributed by atoms with E-state index in [1.807, 2.05) is 0 Å². The molecule has 0 aliphatic heterocycles. The van der Waals surface area contributed by atoms with Crippen LogP contribution in [0.4, 0.5) is 10.1 Å². The summed E-state index contributed by atoms with van der Waals surface area (Å²) in [6, 6.07) is 9.00. The van der Waals surface area contributed by atoms with Crippen LogP contribution >= 0.6 is 15.9 Å². The molecule has 5 nitrogen and oxygen atoms in total. The molecule has 24 heavy (non-hydrogen) atoms. The van der Waals surface area contributed by atoms with Gasteiger partial charge in [-0.25, -0.2) is 4.39 Å². The van der Waals surface area contributed by atoms with Gasteiger partial charge in [-0.15, -0.1) is 0 Å². The summed E-state index contributed by atoms with van der Waals surface area (Å²) in [7, 11) is 1.54. The van der Waals surface area contributed by atoms with Crippen LogP contribution in [0.2, 0.25) is 0 Å². The van der Waals surface area contributed by atoms with Crippen LogP contribution in [0.5, 0.6) is 5.75 Å². The molecule has 0 radical (unpaired) electrons. The van der Waals surface area contributed by atoms with Gasteiger partial charge < -0.3 is 15.4 Å². The fraction of sp³-hybridized carbons (Fsp3) is 0.176. The van der Waals surface area contributed by atoms with Gasteiger partial charge in [-0.2, -0.15) is 0 Å². The Morgan fingerprint density at radius 3 is 2.67 bits per heavy atom. The molecule has 126 valence electrons. The molecule has 7 heteroatoms. The summed E-state index contributed by atoms with van der Waals surface area (Å²) in [6.07, 6.45) is 0. The first kappa shape index (κ1) is 17.9. The molecule has 0 fully saturated rings. The van der Waals surface area contributed by atoms with E-state index in [1.165, 1.54) is 18.2 Å². The zero-order valence-corrected chi connectivity index (χ0v) is 14.7. The van der Waals surface area contributed by atoms with Crippen LogP contribution in [-0.4, -0.2) is 25.5 Å². The number of hydrogen-bond donors (Lipinski definition) is 2. The van der Waals surface area contributed by atoms with Gasteiger partial charge in [0.2, 0.25) is 0 Å². The molecule has 0 saturated heterocycles. The fourth-order valence-corrected chi connectivity index (χ4v) is 2.54. The van der Waals surface area contributed by atoms with E-state index in [0.29, 0.717) is 27.0 Å². The van der Waals surface area contributed by atoms with Crippen molar-refractivity contribution in [1.82, 2.24) is 5.32 Å². The Morgan fingerprint density at radius 2 is 2.00 bits per heavy atom. The number of ether oxygens (including phenoxy) is 1. The lowest BCUT2D eigenvalue weighted by Gasteiger charge is -2.12.